The van der Waals surface area contributed by atoms with E-state index in [1.54, 1.807) is 10.8 Å². The van der Waals surface area contributed by atoms with Crippen molar-refractivity contribution in [1.82, 2.24) is 24.7 Å². The third-order valence-electron chi connectivity index (χ3n) is 5.07. The molecule has 0 saturated carbocycles. The lowest BCUT2D eigenvalue weighted by molar-refractivity contribution is 0.211. The Morgan fingerprint density at radius 3 is 2.65 bits per heavy atom. The second kappa shape index (κ2) is 7.41. The summed E-state index contributed by atoms with van der Waals surface area (Å²) in [5, 5.41) is 16.5. The Morgan fingerprint density at radius 1 is 1.15 bits per heavy atom. The lowest BCUT2D eigenvalue weighted by atomic mass is 10.0. The number of rotatable bonds is 5. The summed E-state index contributed by atoms with van der Waals surface area (Å²) in [4.78, 5) is 2.53. The lowest BCUT2D eigenvalue weighted by Gasteiger charge is -2.33. The second-order valence-corrected chi connectivity index (χ2v) is 7.42. The van der Waals surface area contributed by atoms with Gasteiger partial charge in [0, 0.05) is 25.7 Å². The number of hydrogen-bond donors (Lipinski definition) is 1. The van der Waals surface area contributed by atoms with Crippen LogP contribution in [-0.2, 0) is 6.54 Å². The normalized spacial score (nSPS) is 16.4. The van der Waals surface area contributed by atoms with Gasteiger partial charge >= 0.3 is 0 Å². The monoisotopic (exact) mass is 350 g/mol. The van der Waals surface area contributed by atoms with Crippen molar-refractivity contribution >= 4 is 11.3 Å². The lowest BCUT2D eigenvalue weighted by Crippen LogP contribution is -2.38. The van der Waals surface area contributed by atoms with Crippen LogP contribution in [0.25, 0.3) is 5.65 Å². The van der Waals surface area contributed by atoms with E-state index in [1.807, 2.05) is 0 Å². The van der Waals surface area contributed by atoms with Crippen molar-refractivity contribution < 1.29 is 0 Å². The molecule has 3 aromatic rings. The smallest absolute Gasteiger partial charge is 0.200 e. The van der Waals surface area contributed by atoms with Crippen LogP contribution in [0.2, 0.25) is 0 Å². The molecule has 1 fully saturated rings. The Bertz CT molecular complexity index is 849. The molecule has 0 radical (unpaired) electrons. The molecule has 6 heteroatoms. The van der Waals surface area contributed by atoms with E-state index in [4.69, 9.17) is 0 Å². The van der Waals surface area contributed by atoms with Crippen LogP contribution >= 0.6 is 0 Å². The predicted octanol–water partition coefficient (Wildman–Crippen LogP) is 3.32. The maximum atomic E-state index is 4.59. The van der Waals surface area contributed by atoms with Gasteiger partial charge < -0.3 is 5.32 Å². The predicted molar refractivity (Wildman–Crippen MR) is 103 cm³/mol. The van der Waals surface area contributed by atoms with Gasteiger partial charge in [-0.1, -0.05) is 44.2 Å². The fourth-order valence-electron chi connectivity index (χ4n) is 3.53. The van der Waals surface area contributed by atoms with Gasteiger partial charge in [0.25, 0.3) is 0 Å². The summed E-state index contributed by atoms with van der Waals surface area (Å²) >= 11 is 0. The van der Waals surface area contributed by atoms with Gasteiger partial charge in [0.2, 0.25) is 5.65 Å². The third kappa shape index (κ3) is 3.70. The van der Waals surface area contributed by atoms with Crippen LogP contribution in [0.4, 0.5) is 5.69 Å². The number of aromatic nitrogens is 4. The minimum atomic E-state index is 0.370. The van der Waals surface area contributed by atoms with E-state index in [-0.39, 0.29) is 0 Å². The molecule has 1 aliphatic rings. The average Bonchev–Trinajstić information content (AvgIpc) is 3.13. The zero-order valence-electron chi connectivity index (χ0n) is 15.5. The molecule has 136 valence electrons. The molecule has 3 heterocycles. The fraction of sp³-hybridized carbons (Fsp3) is 0.450. The summed E-state index contributed by atoms with van der Waals surface area (Å²) in [7, 11) is 0. The Kier molecular flexibility index (Phi) is 4.84. The molecule has 0 bridgehead atoms. The number of nitrogens with one attached hydrogen (secondary N) is 1. The molecule has 2 aromatic heterocycles. The number of nitrogens with zero attached hydrogens (tertiary/aromatic N) is 5. The second-order valence-electron chi connectivity index (χ2n) is 7.42. The molecule has 0 atom stereocenters. The molecule has 0 amide bonds. The molecule has 4 rings (SSSR count). The van der Waals surface area contributed by atoms with Crippen molar-refractivity contribution in [1.29, 1.82) is 0 Å². The molecule has 6 nitrogen and oxygen atoms in total. The third-order valence-corrected chi connectivity index (χ3v) is 5.07. The van der Waals surface area contributed by atoms with Gasteiger partial charge in [-0.2, -0.15) is 9.61 Å². The maximum absolute atomic E-state index is 4.59. The van der Waals surface area contributed by atoms with Crippen LogP contribution in [0, 0.1) is 0 Å². The van der Waals surface area contributed by atoms with Crippen LogP contribution < -0.4 is 5.32 Å². The van der Waals surface area contributed by atoms with Gasteiger partial charge in [-0.3, -0.25) is 4.90 Å². The van der Waals surface area contributed by atoms with Crippen molar-refractivity contribution in [2.24, 2.45) is 0 Å². The molecule has 1 saturated heterocycles. The Morgan fingerprint density at radius 2 is 1.92 bits per heavy atom. The molecule has 0 spiro atoms. The van der Waals surface area contributed by atoms with Crippen molar-refractivity contribution in [3.05, 3.63) is 54.0 Å². The summed E-state index contributed by atoms with van der Waals surface area (Å²) in [5.41, 5.74) is 4.30. The first kappa shape index (κ1) is 17.0. The number of likely N-dealkylation sites (tertiary alicyclic amines) is 1. The van der Waals surface area contributed by atoms with E-state index in [0.717, 1.165) is 49.5 Å². The zero-order valence-corrected chi connectivity index (χ0v) is 15.5. The molecular formula is C20H26N6. The number of hydrogen-bond acceptors (Lipinski definition) is 5. The quantitative estimate of drug-likeness (QED) is 0.765. The van der Waals surface area contributed by atoms with Crippen LogP contribution in [0.3, 0.4) is 0 Å². The topological polar surface area (TPSA) is 58.3 Å². The molecule has 0 unspecified atom stereocenters. The number of piperidine rings is 1. The maximum Gasteiger partial charge on any atom is 0.200 e. The Labute approximate surface area is 154 Å². The van der Waals surface area contributed by atoms with Gasteiger partial charge in [0.1, 0.15) is 6.33 Å². The fourth-order valence-corrected chi connectivity index (χ4v) is 3.53. The highest BCUT2D eigenvalue weighted by molar-refractivity contribution is 5.67. The zero-order chi connectivity index (χ0) is 17.9. The summed E-state index contributed by atoms with van der Waals surface area (Å²) in [6.45, 7) is 7.57. The van der Waals surface area contributed by atoms with E-state index in [2.05, 4.69) is 75.8 Å². The van der Waals surface area contributed by atoms with Gasteiger partial charge in [-0.05, 0) is 30.4 Å². The van der Waals surface area contributed by atoms with E-state index in [9.17, 15) is 0 Å². The van der Waals surface area contributed by atoms with Gasteiger partial charge in [-0.15, -0.1) is 10.2 Å². The van der Waals surface area contributed by atoms with E-state index >= 15 is 0 Å². The molecule has 0 aliphatic carbocycles. The first-order valence-electron chi connectivity index (χ1n) is 9.43. The summed E-state index contributed by atoms with van der Waals surface area (Å²) in [6.07, 6.45) is 3.94. The van der Waals surface area contributed by atoms with Gasteiger partial charge in [-0.25, -0.2) is 0 Å². The largest absolute Gasteiger partial charge is 0.379 e. The van der Waals surface area contributed by atoms with Crippen molar-refractivity contribution in [2.75, 3.05) is 18.4 Å². The first-order valence-corrected chi connectivity index (χ1v) is 9.43. The van der Waals surface area contributed by atoms with Crippen LogP contribution in [0.15, 0.2) is 42.7 Å². The molecule has 1 aliphatic heterocycles. The highest BCUT2D eigenvalue weighted by Gasteiger charge is 2.21. The van der Waals surface area contributed by atoms with Crippen molar-refractivity contribution in [3.8, 4) is 0 Å². The number of anilines is 1. The minimum absolute atomic E-state index is 0.370. The molecule has 26 heavy (non-hydrogen) atoms. The summed E-state index contributed by atoms with van der Waals surface area (Å²) in [6, 6.07) is 13.3. The van der Waals surface area contributed by atoms with Crippen LogP contribution in [0.5, 0.6) is 0 Å². The minimum Gasteiger partial charge on any atom is -0.379 e. The first-order chi connectivity index (χ1) is 12.7. The summed E-state index contributed by atoms with van der Waals surface area (Å²) < 4.78 is 1.78. The summed E-state index contributed by atoms with van der Waals surface area (Å²) in [5.74, 6) is 0.370. The standard InChI is InChI=1S/C20H26N6/c1-15(2)18-12-19(20-23-21-14-26(20)24-18)22-17-8-10-25(11-9-17)13-16-6-4-3-5-7-16/h3-7,12,14-15,17,22H,8-11,13H2,1-2H3. The highest BCUT2D eigenvalue weighted by atomic mass is 15.3. The van der Waals surface area contributed by atoms with Crippen molar-refractivity contribution in [3.63, 3.8) is 0 Å². The van der Waals surface area contributed by atoms with Gasteiger partial charge in [0.05, 0.1) is 11.4 Å². The Hall–Kier alpha value is -2.47. The SMILES string of the molecule is CC(C)c1cc(NC2CCN(Cc3ccccc3)CC2)c2nncn2n1. The number of benzene rings is 1. The van der Waals surface area contributed by atoms with Crippen LogP contribution in [-0.4, -0.2) is 43.8 Å². The highest BCUT2D eigenvalue weighted by Crippen LogP contribution is 2.23. The molecule has 1 aromatic carbocycles. The van der Waals surface area contributed by atoms with E-state index in [0.29, 0.717) is 12.0 Å². The van der Waals surface area contributed by atoms with Gasteiger partial charge in [0.15, 0.2) is 0 Å². The van der Waals surface area contributed by atoms with Crippen molar-refractivity contribution in [2.45, 2.75) is 45.2 Å². The molecule has 1 N–H and O–H groups in total. The van der Waals surface area contributed by atoms with E-state index in [1.165, 1.54) is 5.56 Å². The Balaban J connectivity index is 1.41. The van der Waals surface area contributed by atoms with Crippen LogP contribution in [0.1, 0.15) is 43.9 Å². The number of fused-ring (bicyclic) bond motifs is 1. The molecular weight excluding hydrogens is 324 g/mol. The van der Waals surface area contributed by atoms with E-state index < -0.39 is 0 Å². The average molecular weight is 350 g/mol.